The summed E-state index contributed by atoms with van der Waals surface area (Å²) in [6.45, 7) is 0. The first-order valence-corrected chi connectivity index (χ1v) is 9.32. The maximum absolute atomic E-state index is 10.9. The van der Waals surface area contributed by atoms with Gasteiger partial charge in [0.05, 0.1) is 23.8 Å². The number of anilines is 2. The Morgan fingerprint density at radius 2 is 1.13 bits per heavy atom. The summed E-state index contributed by atoms with van der Waals surface area (Å²) < 4.78 is 11.6. The fourth-order valence-corrected chi connectivity index (χ4v) is 3.46. The van der Waals surface area contributed by atoms with Gasteiger partial charge in [-0.1, -0.05) is 12.1 Å². The molecule has 1 aliphatic carbocycles. The highest BCUT2D eigenvalue weighted by molar-refractivity contribution is 5.79. The number of aromatic nitrogens is 2. The molecule has 0 spiro atoms. The summed E-state index contributed by atoms with van der Waals surface area (Å²) in [6, 6.07) is 18.0. The third-order valence-electron chi connectivity index (χ3n) is 4.89. The van der Waals surface area contributed by atoms with Gasteiger partial charge < -0.3 is 26.0 Å². The lowest BCUT2D eigenvalue weighted by Gasteiger charge is -2.10. The fraction of sp³-hybridized carbons (Fsp3) is 0.0435. The molecule has 0 unspecified atom stereocenters. The van der Waals surface area contributed by atoms with Crippen LogP contribution in [0.15, 0.2) is 73.1 Å². The Hall–Kier alpha value is -4.10. The molecule has 0 saturated heterocycles. The standard InChI is InChI=1S/C23H18N4O3/c24-13-1-7-21(26-11-13)29-15-3-5-17-18-6-4-16(10-20(18)23(28)19(17)9-15)30-22-8-2-14(25)12-27-22/h1-12,23,28H,24-25H2. The molecule has 5 rings (SSSR count). The minimum Gasteiger partial charge on any atom is -0.439 e. The Labute approximate surface area is 172 Å². The minimum absolute atomic E-state index is 0.431. The third-order valence-corrected chi connectivity index (χ3v) is 4.89. The second-order valence-corrected chi connectivity index (χ2v) is 6.96. The number of rotatable bonds is 4. The van der Waals surface area contributed by atoms with E-state index in [1.54, 1.807) is 24.3 Å². The normalized spacial score (nSPS) is 12.3. The first-order chi connectivity index (χ1) is 14.6. The van der Waals surface area contributed by atoms with Crippen molar-refractivity contribution in [3.05, 3.63) is 84.2 Å². The van der Waals surface area contributed by atoms with Crippen LogP contribution in [-0.4, -0.2) is 15.1 Å². The molecule has 4 aromatic rings. The van der Waals surface area contributed by atoms with E-state index in [-0.39, 0.29) is 0 Å². The number of hydrogen-bond donors (Lipinski definition) is 3. The average Bonchev–Trinajstić information content (AvgIpc) is 3.03. The Balaban J connectivity index is 1.41. The number of nitrogens with two attached hydrogens (primary N) is 2. The van der Waals surface area contributed by atoms with Crippen molar-refractivity contribution >= 4 is 11.4 Å². The van der Waals surface area contributed by atoms with Crippen LogP contribution in [-0.2, 0) is 0 Å². The molecular formula is C23H18N4O3. The lowest BCUT2D eigenvalue weighted by molar-refractivity contribution is 0.224. The van der Waals surface area contributed by atoms with E-state index in [4.69, 9.17) is 20.9 Å². The molecule has 0 bridgehead atoms. The lowest BCUT2D eigenvalue weighted by atomic mass is 10.1. The number of pyridine rings is 2. The zero-order chi connectivity index (χ0) is 20.7. The summed E-state index contributed by atoms with van der Waals surface area (Å²) in [6.07, 6.45) is 2.27. The van der Waals surface area contributed by atoms with Crippen molar-refractivity contribution in [2.24, 2.45) is 0 Å². The van der Waals surface area contributed by atoms with Crippen molar-refractivity contribution in [2.75, 3.05) is 11.5 Å². The van der Waals surface area contributed by atoms with Crippen LogP contribution in [0.5, 0.6) is 23.3 Å². The van der Waals surface area contributed by atoms with E-state index in [0.717, 1.165) is 22.3 Å². The molecule has 0 radical (unpaired) electrons. The molecule has 1 aliphatic rings. The van der Waals surface area contributed by atoms with Crippen molar-refractivity contribution in [1.82, 2.24) is 9.97 Å². The topological polar surface area (TPSA) is 117 Å². The number of nitrogens with zero attached hydrogens (tertiary/aromatic N) is 2. The zero-order valence-electron chi connectivity index (χ0n) is 15.8. The number of hydrogen-bond acceptors (Lipinski definition) is 7. The van der Waals surface area contributed by atoms with E-state index in [1.165, 1.54) is 12.4 Å². The zero-order valence-corrected chi connectivity index (χ0v) is 15.8. The SMILES string of the molecule is Nc1ccc(Oc2ccc3c(c2)C(O)c2cc(Oc4ccc(N)cn4)ccc2-3)nc1. The Kier molecular flexibility index (Phi) is 4.22. The molecule has 5 N–H and O–H groups in total. The maximum Gasteiger partial charge on any atom is 0.219 e. The summed E-state index contributed by atoms with van der Waals surface area (Å²) in [5, 5.41) is 10.9. The van der Waals surface area contributed by atoms with Crippen LogP contribution in [0.4, 0.5) is 11.4 Å². The largest absolute Gasteiger partial charge is 0.439 e. The van der Waals surface area contributed by atoms with Crippen molar-refractivity contribution in [3.63, 3.8) is 0 Å². The second kappa shape index (κ2) is 7.06. The van der Waals surface area contributed by atoms with Gasteiger partial charge in [-0.2, -0.15) is 0 Å². The summed E-state index contributed by atoms with van der Waals surface area (Å²) in [5.74, 6) is 2.03. The number of benzene rings is 2. The molecular weight excluding hydrogens is 380 g/mol. The van der Waals surface area contributed by atoms with Crippen molar-refractivity contribution in [2.45, 2.75) is 6.10 Å². The highest BCUT2D eigenvalue weighted by atomic mass is 16.5. The van der Waals surface area contributed by atoms with Crippen LogP contribution >= 0.6 is 0 Å². The van der Waals surface area contributed by atoms with E-state index in [0.29, 0.717) is 34.6 Å². The summed E-state index contributed by atoms with van der Waals surface area (Å²) in [7, 11) is 0. The predicted octanol–water partition coefficient (Wildman–Crippen LogP) is 4.29. The maximum atomic E-state index is 10.9. The number of nitrogen functional groups attached to an aromatic ring is 2. The van der Waals surface area contributed by atoms with Crippen molar-refractivity contribution in [3.8, 4) is 34.4 Å². The van der Waals surface area contributed by atoms with Crippen LogP contribution < -0.4 is 20.9 Å². The molecule has 0 aliphatic heterocycles. The number of fused-ring (bicyclic) bond motifs is 3. The van der Waals surface area contributed by atoms with Crippen LogP contribution in [0.25, 0.3) is 11.1 Å². The van der Waals surface area contributed by atoms with Gasteiger partial charge in [0.15, 0.2) is 0 Å². The molecule has 7 heteroatoms. The van der Waals surface area contributed by atoms with E-state index in [2.05, 4.69) is 9.97 Å². The van der Waals surface area contributed by atoms with Crippen LogP contribution in [0, 0.1) is 0 Å². The lowest BCUT2D eigenvalue weighted by Crippen LogP contribution is -1.96. The van der Waals surface area contributed by atoms with Gasteiger partial charge in [-0.15, -0.1) is 0 Å². The Morgan fingerprint density at radius 3 is 1.53 bits per heavy atom. The van der Waals surface area contributed by atoms with Gasteiger partial charge in [-0.05, 0) is 58.7 Å². The van der Waals surface area contributed by atoms with E-state index in [9.17, 15) is 5.11 Å². The first kappa shape index (κ1) is 18.0. The van der Waals surface area contributed by atoms with Gasteiger partial charge >= 0.3 is 0 Å². The summed E-state index contributed by atoms with van der Waals surface area (Å²) in [4.78, 5) is 8.28. The van der Waals surface area contributed by atoms with E-state index >= 15 is 0 Å². The van der Waals surface area contributed by atoms with Crippen LogP contribution in [0.1, 0.15) is 17.2 Å². The molecule has 7 nitrogen and oxygen atoms in total. The Bertz CT molecular complexity index is 1130. The molecule has 0 amide bonds. The molecule has 0 atom stereocenters. The molecule has 2 aromatic carbocycles. The minimum atomic E-state index is -0.791. The van der Waals surface area contributed by atoms with Crippen molar-refractivity contribution in [1.29, 1.82) is 0 Å². The molecule has 0 saturated carbocycles. The van der Waals surface area contributed by atoms with Gasteiger partial charge in [0.1, 0.15) is 17.6 Å². The Morgan fingerprint density at radius 1 is 0.667 bits per heavy atom. The highest BCUT2D eigenvalue weighted by Crippen LogP contribution is 2.46. The molecule has 2 heterocycles. The molecule has 0 fully saturated rings. The molecule has 2 aromatic heterocycles. The number of ether oxygens (including phenoxy) is 2. The summed E-state index contributed by atoms with van der Waals surface area (Å²) >= 11 is 0. The van der Waals surface area contributed by atoms with Crippen molar-refractivity contribution < 1.29 is 14.6 Å². The van der Waals surface area contributed by atoms with Crippen LogP contribution in [0.2, 0.25) is 0 Å². The van der Waals surface area contributed by atoms with Gasteiger partial charge in [0, 0.05) is 12.1 Å². The smallest absolute Gasteiger partial charge is 0.219 e. The average molecular weight is 398 g/mol. The van der Waals surface area contributed by atoms with E-state index < -0.39 is 6.10 Å². The predicted molar refractivity (Wildman–Crippen MR) is 113 cm³/mol. The van der Waals surface area contributed by atoms with Crippen LogP contribution in [0.3, 0.4) is 0 Å². The number of aliphatic hydroxyl groups is 1. The monoisotopic (exact) mass is 398 g/mol. The molecule has 148 valence electrons. The molecule has 30 heavy (non-hydrogen) atoms. The van der Waals surface area contributed by atoms with Gasteiger partial charge in [-0.3, -0.25) is 0 Å². The van der Waals surface area contributed by atoms with E-state index in [1.807, 2.05) is 36.4 Å². The van der Waals surface area contributed by atoms with Gasteiger partial charge in [-0.25, -0.2) is 9.97 Å². The van der Waals surface area contributed by atoms with Gasteiger partial charge in [0.25, 0.3) is 0 Å². The number of aliphatic hydroxyl groups excluding tert-OH is 1. The quantitative estimate of drug-likeness (QED) is 0.469. The summed E-state index contributed by atoms with van der Waals surface area (Å²) in [5.41, 5.74) is 15.9. The third kappa shape index (κ3) is 3.27. The second-order valence-electron chi connectivity index (χ2n) is 6.96. The first-order valence-electron chi connectivity index (χ1n) is 9.32. The highest BCUT2D eigenvalue weighted by Gasteiger charge is 2.28. The fourth-order valence-electron chi connectivity index (χ4n) is 3.46. The van der Waals surface area contributed by atoms with Gasteiger partial charge in [0.2, 0.25) is 11.8 Å².